The van der Waals surface area contributed by atoms with Crippen LogP contribution < -0.4 is 9.80 Å². The van der Waals surface area contributed by atoms with E-state index in [4.69, 9.17) is 0 Å². The summed E-state index contributed by atoms with van der Waals surface area (Å²) in [5, 5.41) is 0. The summed E-state index contributed by atoms with van der Waals surface area (Å²) in [6, 6.07) is 17.1. The Kier molecular flexibility index (Phi) is 1.80. The minimum atomic E-state index is 0.155. The maximum absolute atomic E-state index is 12.9. The molecule has 3 nitrogen and oxygen atoms in total. The van der Waals surface area contributed by atoms with Gasteiger partial charge in [-0.2, -0.15) is 0 Å². The van der Waals surface area contributed by atoms with Crippen molar-refractivity contribution in [2.75, 3.05) is 16.3 Å². The summed E-state index contributed by atoms with van der Waals surface area (Å²) in [5.41, 5.74) is 4.35. The number of amides is 1. The van der Waals surface area contributed by atoms with E-state index in [1.54, 1.807) is 0 Å². The fourth-order valence-electron chi connectivity index (χ4n) is 3.78. The minimum Gasteiger partial charge on any atom is -0.362 e. The Morgan fingerprint density at radius 2 is 1.65 bits per heavy atom. The molecule has 2 aromatic carbocycles. The van der Waals surface area contributed by atoms with E-state index in [0.29, 0.717) is 12.1 Å². The van der Waals surface area contributed by atoms with E-state index in [1.807, 2.05) is 29.2 Å². The summed E-state index contributed by atoms with van der Waals surface area (Å²) < 4.78 is 0. The van der Waals surface area contributed by atoms with Crippen LogP contribution in [0.2, 0.25) is 0 Å². The van der Waals surface area contributed by atoms with Gasteiger partial charge >= 0.3 is 0 Å². The van der Waals surface area contributed by atoms with Gasteiger partial charge in [0.25, 0.3) is 5.91 Å². The highest BCUT2D eigenvalue weighted by Gasteiger charge is 2.52. The third-order valence-electron chi connectivity index (χ3n) is 4.77. The molecule has 5 rings (SSSR count). The minimum absolute atomic E-state index is 0.155. The van der Waals surface area contributed by atoms with Gasteiger partial charge in [0.1, 0.15) is 0 Å². The van der Waals surface area contributed by atoms with E-state index in [2.05, 4.69) is 29.2 Å². The van der Waals surface area contributed by atoms with Gasteiger partial charge in [-0.15, -0.1) is 0 Å². The van der Waals surface area contributed by atoms with Crippen molar-refractivity contribution in [2.24, 2.45) is 0 Å². The molecule has 98 valence electrons. The van der Waals surface area contributed by atoms with Crippen molar-refractivity contribution in [3.63, 3.8) is 0 Å². The molecule has 1 amide bonds. The number of hydrogen-bond donors (Lipinski definition) is 0. The van der Waals surface area contributed by atoms with Crippen molar-refractivity contribution in [3.05, 3.63) is 59.7 Å². The molecule has 3 aliphatic heterocycles. The Bertz CT molecular complexity index is 739. The highest BCUT2D eigenvalue weighted by atomic mass is 16.2. The van der Waals surface area contributed by atoms with E-state index >= 15 is 0 Å². The van der Waals surface area contributed by atoms with Crippen molar-refractivity contribution in [1.29, 1.82) is 0 Å². The van der Waals surface area contributed by atoms with E-state index in [0.717, 1.165) is 29.9 Å². The monoisotopic (exact) mass is 262 g/mol. The topological polar surface area (TPSA) is 23.3 Å². The Morgan fingerprint density at radius 1 is 0.900 bits per heavy atom. The summed E-state index contributed by atoms with van der Waals surface area (Å²) in [6.07, 6.45) is 0.983. The van der Waals surface area contributed by atoms with Gasteiger partial charge in [-0.25, -0.2) is 0 Å². The van der Waals surface area contributed by atoms with Gasteiger partial charge < -0.3 is 9.80 Å². The summed E-state index contributed by atoms with van der Waals surface area (Å²) in [6.45, 7) is 1.07. The number of carbonyl (C=O) groups is 1. The molecule has 2 atom stereocenters. The quantitative estimate of drug-likeness (QED) is 0.681. The molecule has 0 spiro atoms. The van der Waals surface area contributed by atoms with Crippen molar-refractivity contribution >= 4 is 17.3 Å². The fourth-order valence-corrected chi connectivity index (χ4v) is 3.78. The summed E-state index contributed by atoms with van der Waals surface area (Å²) >= 11 is 0. The first-order chi connectivity index (χ1) is 9.84. The first kappa shape index (κ1) is 10.5. The Labute approximate surface area is 117 Å². The molecule has 1 saturated heterocycles. The molecule has 1 unspecified atom stereocenters. The molecule has 0 radical (unpaired) electrons. The fraction of sp³-hybridized carbons (Fsp3) is 0.235. The van der Waals surface area contributed by atoms with E-state index in [-0.39, 0.29) is 5.91 Å². The van der Waals surface area contributed by atoms with Crippen LogP contribution in [0.4, 0.5) is 11.4 Å². The highest BCUT2D eigenvalue weighted by Crippen LogP contribution is 2.45. The van der Waals surface area contributed by atoms with Gasteiger partial charge in [-0.1, -0.05) is 30.3 Å². The number of para-hydroxylation sites is 2. The largest absolute Gasteiger partial charge is 0.362 e. The molecule has 3 heterocycles. The Morgan fingerprint density at radius 3 is 2.55 bits per heavy atom. The molecule has 1 fully saturated rings. The Hall–Kier alpha value is -2.29. The van der Waals surface area contributed by atoms with E-state index in [1.165, 1.54) is 5.56 Å². The SMILES string of the molecule is O=C1c2ccccc2N2C[C@@H]2C2Cc3ccccc3N12. The molecule has 0 aliphatic carbocycles. The molecular weight excluding hydrogens is 248 g/mol. The third-order valence-corrected chi connectivity index (χ3v) is 4.77. The lowest BCUT2D eigenvalue weighted by Crippen LogP contribution is -2.40. The normalized spacial score (nSPS) is 25.5. The average Bonchev–Trinajstić information content (AvgIpc) is 3.20. The molecular formula is C17H14N2O. The van der Waals surface area contributed by atoms with Crippen molar-refractivity contribution in [2.45, 2.75) is 18.5 Å². The lowest BCUT2D eigenvalue weighted by Gasteiger charge is -2.23. The lowest BCUT2D eigenvalue weighted by molar-refractivity contribution is 0.0982. The first-order valence-electron chi connectivity index (χ1n) is 7.12. The van der Waals surface area contributed by atoms with Crippen LogP contribution in [0.5, 0.6) is 0 Å². The van der Waals surface area contributed by atoms with Crippen LogP contribution in [0.15, 0.2) is 48.5 Å². The second-order valence-electron chi connectivity index (χ2n) is 5.81. The Balaban J connectivity index is 1.73. The van der Waals surface area contributed by atoms with Gasteiger partial charge in [0.15, 0.2) is 0 Å². The molecule has 0 bridgehead atoms. The van der Waals surface area contributed by atoms with E-state index < -0.39 is 0 Å². The lowest BCUT2D eigenvalue weighted by atomic mass is 10.1. The summed E-state index contributed by atoms with van der Waals surface area (Å²) in [4.78, 5) is 17.3. The molecule has 3 aliphatic rings. The van der Waals surface area contributed by atoms with E-state index in [9.17, 15) is 4.79 Å². The van der Waals surface area contributed by atoms with Crippen LogP contribution >= 0.6 is 0 Å². The van der Waals surface area contributed by atoms with Gasteiger partial charge in [0, 0.05) is 17.9 Å². The number of carbonyl (C=O) groups excluding carboxylic acids is 1. The second kappa shape index (κ2) is 3.42. The molecule has 0 saturated carbocycles. The standard InChI is InChI=1S/C17H14N2O/c20-17-12-6-2-4-8-14(12)18-10-16(18)15-9-11-5-1-3-7-13(11)19(15)17/h1-8,15-16H,9-10H2/t15?,16-,18?/m1/s1. The van der Waals surface area contributed by atoms with Crippen LogP contribution in [-0.4, -0.2) is 24.5 Å². The van der Waals surface area contributed by atoms with Crippen LogP contribution in [0.3, 0.4) is 0 Å². The van der Waals surface area contributed by atoms with Gasteiger partial charge in [-0.05, 0) is 30.2 Å². The zero-order valence-corrected chi connectivity index (χ0v) is 11.0. The number of nitrogens with zero attached hydrogens (tertiary/aromatic N) is 2. The smallest absolute Gasteiger partial charge is 0.260 e. The van der Waals surface area contributed by atoms with Crippen molar-refractivity contribution in [1.82, 2.24) is 0 Å². The molecule has 0 N–H and O–H groups in total. The van der Waals surface area contributed by atoms with Gasteiger partial charge in [0.2, 0.25) is 0 Å². The van der Waals surface area contributed by atoms with Crippen LogP contribution in [0, 0.1) is 0 Å². The first-order valence-corrected chi connectivity index (χ1v) is 7.12. The molecule has 2 aromatic rings. The van der Waals surface area contributed by atoms with Gasteiger partial charge in [0.05, 0.1) is 17.6 Å². The number of benzene rings is 2. The number of anilines is 2. The van der Waals surface area contributed by atoms with Crippen LogP contribution in [0.25, 0.3) is 0 Å². The molecule has 0 aromatic heterocycles. The number of fused-ring (bicyclic) bond motifs is 7. The van der Waals surface area contributed by atoms with Crippen molar-refractivity contribution in [3.8, 4) is 0 Å². The van der Waals surface area contributed by atoms with Crippen LogP contribution in [0.1, 0.15) is 15.9 Å². The number of rotatable bonds is 0. The average molecular weight is 262 g/mol. The predicted octanol–water partition coefficient (Wildman–Crippen LogP) is 2.46. The second-order valence-corrected chi connectivity index (χ2v) is 5.81. The summed E-state index contributed by atoms with van der Waals surface area (Å²) in [5.74, 6) is 0.155. The number of hydrogen-bond acceptors (Lipinski definition) is 2. The summed E-state index contributed by atoms with van der Waals surface area (Å²) in [7, 11) is 0. The van der Waals surface area contributed by atoms with Gasteiger partial charge in [-0.3, -0.25) is 4.79 Å². The maximum Gasteiger partial charge on any atom is 0.260 e. The highest BCUT2D eigenvalue weighted by molar-refractivity contribution is 6.12. The molecule has 20 heavy (non-hydrogen) atoms. The zero-order chi connectivity index (χ0) is 13.3. The third kappa shape index (κ3) is 1.18. The van der Waals surface area contributed by atoms with Crippen LogP contribution in [-0.2, 0) is 6.42 Å². The zero-order valence-electron chi connectivity index (χ0n) is 11.0. The van der Waals surface area contributed by atoms with Crippen molar-refractivity contribution < 1.29 is 4.79 Å². The molecule has 3 heteroatoms. The predicted molar refractivity (Wildman–Crippen MR) is 78.3 cm³/mol. The maximum atomic E-state index is 12.9.